The van der Waals surface area contributed by atoms with Crippen molar-refractivity contribution in [1.29, 1.82) is 0 Å². The molecule has 1 aromatic carbocycles. The van der Waals surface area contributed by atoms with Crippen LogP contribution in [0.3, 0.4) is 0 Å². The van der Waals surface area contributed by atoms with E-state index >= 15 is 0 Å². The van der Waals surface area contributed by atoms with E-state index in [1.54, 1.807) is 0 Å². The molecule has 18 heavy (non-hydrogen) atoms. The van der Waals surface area contributed by atoms with Crippen LogP contribution in [-0.2, 0) is 4.74 Å². The van der Waals surface area contributed by atoms with E-state index in [-0.39, 0.29) is 0 Å². The first-order valence-corrected chi connectivity index (χ1v) is 6.79. The van der Waals surface area contributed by atoms with Crippen LogP contribution in [0.5, 0.6) is 0 Å². The predicted molar refractivity (Wildman–Crippen MR) is 74.7 cm³/mol. The van der Waals surface area contributed by atoms with Crippen molar-refractivity contribution in [3.05, 3.63) is 35.9 Å². The molecule has 1 heterocycles. The summed E-state index contributed by atoms with van der Waals surface area (Å²) in [6.45, 7) is 7.39. The Bertz CT molecular complexity index is 345. The molecule has 1 aromatic rings. The van der Waals surface area contributed by atoms with Crippen LogP contribution >= 0.6 is 0 Å². The van der Waals surface area contributed by atoms with Crippen LogP contribution in [0.25, 0.3) is 0 Å². The number of likely N-dealkylation sites (N-methyl/N-ethyl adjacent to an activating group) is 1. The number of hydrogen-bond donors (Lipinski definition) is 1. The fourth-order valence-corrected chi connectivity index (χ4v) is 2.74. The summed E-state index contributed by atoms with van der Waals surface area (Å²) in [5, 5.41) is 3.41. The molecule has 2 rings (SSSR count). The van der Waals surface area contributed by atoms with Crippen LogP contribution in [0.4, 0.5) is 0 Å². The third-order valence-electron chi connectivity index (χ3n) is 3.49. The van der Waals surface area contributed by atoms with Crippen molar-refractivity contribution in [3.8, 4) is 0 Å². The van der Waals surface area contributed by atoms with E-state index in [0.29, 0.717) is 18.2 Å². The number of morpholine rings is 1. The zero-order chi connectivity index (χ0) is 13.0. The predicted octanol–water partition coefficient (Wildman–Crippen LogP) is 2.06. The highest BCUT2D eigenvalue weighted by atomic mass is 16.5. The molecule has 1 aliphatic rings. The zero-order valence-corrected chi connectivity index (χ0v) is 11.6. The van der Waals surface area contributed by atoms with Gasteiger partial charge >= 0.3 is 0 Å². The largest absolute Gasteiger partial charge is 0.373 e. The fraction of sp³-hybridized carbons (Fsp3) is 0.600. The van der Waals surface area contributed by atoms with Gasteiger partial charge in [0, 0.05) is 25.7 Å². The minimum atomic E-state index is 0.335. The monoisotopic (exact) mass is 248 g/mol. The second kappa shape index (κ2) is 6.32. The number of benzene rings is 1. The van der Waals surface area contributed by atoms with Crippen molar-refractivity contribution in [2.75, 3.05) is 26.7 Å². The smallest absolute Gasteiger partial charge is 0.0678 e. The maximum Gasteiger partial charge on any atom is 0.0678 e. The van der Waals surface area contributed by atoms with Crippen LogP contribution in [0.2, 0.25) is 0 Å². The molecule has 0 bridgehead atoms. The summed E-state index contributed by atoms with van der Waals surface area (Å²) in [6.07, 6.45) is 0.670. The number of hydrogen-bond acceptors (Lipinski definition) is 3. The molecule has 3 heteroatoms. The van der Waals surface area contributed by atoms with Gasteiger partial charge in [-0.1, -0.05) is 30.3 Å². The van der Waals surface area contributed by atoms with E-state index in [9.17, 15) is 0 Å². The molecule has 3 atom stereocenters. The molecule has 0 saturated carbocycles. The molecule has 0 radical (unpaired) electrons. The van der Waals surface area contributed by atoms with Crippen LogP contribution in [0.15, 0.2) is 30.3 Å². The van der Waals surface area contributed by atoms with Crippen molar-refractivity contribution in [2.24, 2.45) is 0 Å². The van der Waals surface area contributed by atoms with Crippen LogP contribution < -0.4 is 5.32 Å². The summed E-state index contributed by atoms with van der Waals surface area (Å²) in [7, 11) is 2.03. The summed E-state index contributed by atoms with van der Waals surface area (Å²) in [4.78, 5) is 2.49. The Balaban J connectivity index is 1.98. The molecule has 1 aliphatic heterocycles. The maximum atomic E-state index is 5.78. The second-order valence-electron chi connectivity index (χ2n) is 5.23. The van der Waals surface area contributed by atoms with Crippen molar-refractivity contribution >= 4 is 0 Å². The molecular weight excluding hydrogens is 224 g/mol. The van der Waals surface area contributed by atoms with Gasteiger partial charge in [0.1, 0.15) is 0 Å². The summed E-state index contributed by atoms with van der Waals surface area (Å²) in [6, 6.07) is 11.0. The maximum absolute atomic E-state index is 5.78. The summed E-state index contributed by atoms with van der Waals surface area (Å²) < 4.78 is 5.78. The molecule has 0 aliphatic carbocycles. The molecule has 0 spiro atoms. The van der Waals surface area contributed by atoms with Gasteiger partial charge in [0.25, 0.3) is 0 Å². The topological polar surface area (TPSA) is 24.5 Å². The van der Waals surface area contributed by atoms with Crippen molar-refractivity contribution < 1.29 is 4.74 Å². The minimum Gasteiger partial charge on any atom is -0.373 e. The molecule has 1 fully saturated rings. The Morgan fingerprint density at radius 3 is 2.39 bits per heavy atom. The highest BCUT2D eigenvalue weighted by Crippen LogP contribution is 2.17. The summed E-state index contributed by atoms with van der Waals surface area (Å²) in [5.74, 6) is 0. The first kappa shape index (κ1) is 13.5. The lowest BCUT2D eigenvalue weighted by Crippen LogP contribution is -2.47. The molecular formula is C15H24N2O. The highest BCUT2D eigenvalue weighted by Gasteiger charge is 2.24. The Morgan fingerprint density at radius 1 is 1.22 bits per heavy atom. The first-order chi connectivity index (χ1) is 8.69. The van der Waals surface area contributed by atoms with Gasteiger partial charge in [-0.25, -0.2) is 0 Å². The fourth-order valence-electron chi connectivity index (χ4n) is 2.74. The van der Waals surface area contributed by atoms with Crippen molar-refractivity contribution in [1.82, 2.24) is 10.2 Å². The number of nitrogens with one attached hydrogen (secondary N) is 1. The summed E-state index contributed by atoms with van der Waals surface area (Å²) in [5.41, 5.74) is 1.35. The molecule has 3 unspecified atom stereocenters. The number of ether oxygens (including phenoxy) is 1. The molecule has 0 aromatic heterocycles. The van der Waals surface area contributed by atoms with Crippen LogP contribution in [0, 0.1) is 0 Å². The average molecular weight is 248 g/mol. The Kier molecular flexibility index (Phi) is 4.75. The summed E-state index contributed by atoms with van der Waals surface area (Å²) >= 11 is 0. The van der Waals surface area contributed by atoms with Gasteiger partial charge in [0.05, 0.1) is 12.2 Å². The Hall–Kier alpha value is -0.900. The number of nitrogens with zero attached hydrogens (tertiary/aromatic N) is 1. The third kappa shape index (κ3) is 3.55. The molecule has 1 saturated heterocycles. The third-order valence-corrected chi connectivity index (χ3v) is 3.49. The lowest BCUT2D eigenvalue weighted by molar-refractivity contribution is -0.0698. The molecule has 100 valence electrons. The van der Waals surface area contributed by atoms with E-state index in [2.05, 4.69) is 54.4 Å². The van der Waals surface area contributed by atoms with E-state index < -0.39 is 0 Å². The lowest BCUT2D eigenvalue weighted by Gasteiger charge is -2.37. The average Bonchev–Trinajstić information content (AvgIpc) is 2.36. The van der Waals surface area contributed by atoms with E-state index in [4.69, 9.17) is 4.74 Å². The second-order valence-corrected chi connectivity index (χ2v) is 5.23. The van der Waals surface area contributed by atoms with Crippen LogP contribution in [0.1, 0.15) is 25.5 Å². The van der Waals surface area contributed by atoms with E-state index in [1.165, 1.54) is 5.56 Å². The zero-order valence-electron chi connectivity index (χ0n) is 11.6. The van der Waals surface area contributed by atoms with Gasteiger partial charge in [0.2, 0.25) is 0 Å². The molecule has 3 nitrogen and oxygen atoms in total. The number of rotatable bonds is 4. The first-order valence-electron chi connectivity index (χ1n) is 6.79. The normalized spacial score (nSPS) is 27.1. The minimum absolute atomic E-state index is 0.335. The highest BCUT2D eigenvalue weighted by molar-refractivity contribution is 5.19. The van der Waals surface area contributed by atoms with Gasteiger partial charge in [0.15, 0.2) is 0 Å². The SMILES string of the molecule is CNC(CN1CC(C)OC(C)C1)c1ccccc1. The Labute approximate surface area is 110 Å². The van der Waals surface area contributed by atoms with E-state index in [0.717, 1.165) is 19.6 Å². The standard InChI is InChI=1S/C15H24N2O/c1-12-9-17(10-13(2)18-12)11-15(16-3)14-7-5-4-6-8-14/h4-8,12-13,15-16H,9-11H2,1-3H3. The molecule has 0 amide bonds. The van der Waals surface area contributed by atoms with E-state index in [1.807, 2.05) is 7.05 Å². The Morgan fingerprint density at radius 2 is 1.83 bits per heavy atom. The van der Waals surface area contributed by atoms with Crippen LogP contribution in [-0.4, -0.2) is 43.8 Å². The van der Waals surface area contributed by atoms with Crippen molar-refractivity contribution in [2.45, 2.75) is 32.1 Å². The van der Waals surface area contributed by atoms with Gasteiger partial charge < -0.3 is 10.1 Å². The van der Waals surface area contributed by atoms with Gasteiger partial charge in [-0.3, -0.25) is 4.90 Å². The molecule has 1 N–H and O–H groups in total. The van der Waals surface area contributed by atoms with Gasteiger partial charge in [-0.05, 0) is 26.5 Å². The quantitative estimate of drug-likeness (QED) is 0.882. The van der Waals surface area contributed by atoms with Gasteiger partial charge in [-0.2, -0.15) is 0 Å². The lowest BCUT2D eigenvalue weighted by atomic mass is 10.1. The van der Waals surface area contributed by atoms with Crippen molar-refractivity contribution in [3.63, 3.8) is 0 Å². The van der Waals surface area contributed by atoms with Gasteiger partial charge in [-0.15, -0.1) is 0 Å².